The fraction of sp³-hybridized carbons (Fsp3) is 0.562. The quantitative estimate of drug-likeness (QED) is 0.611. The predicted octanol–water partition coefficient (Wildman–Crippen LogP) is 4.28. The Kier molecular flexibility index (Phi) is 5.25. The fourth-order valence-corrected chi connectivity index (χ4v) is 3.57. The van der Waals surface area contributed by atoms with Gasteiger partial charge < -0.3 is 10.6 Å². The maximum atomic E-state index is 14.7. The highest BCUT2D eigenvalue weighted by molar-refractivity contribution is 9.10. The zero-order chi connectivity index (χ0) is 15.6. The number of nitrogens with one attached hydrogen (secondary N) is 1. The summed E-state index contributed by atoms with van der Waals surface area (Å²) in [6, 6.07) is 3.90. The van der Waals surface area contributed by atoms with E-state index in [0.717, 1.165) is 19.4 Å². The van der Waals surface area contributed by atoms with Crippen molar-refractivity contribution >= 4 is 27.5 Å². The Morgan fingerprint density at radius 3 is 2.57 bits per heavy atom. The molecule has 0 unspecified atom stereocenters. The summed E-state index contributed by atoms with van der Waals surface area (Å²) >= 11 is 3.25. The van der Waals surface area contributed by atoms with E-state index < -0.39 is 0 Å². The fourth-order valence-electron chi connectivity index (χ4n) is 3.02. The normalized spacial score (nSPS) is 15.7. The van der Waals surface area contributed by atoms with E-state index >= 15 is 0 Å². The Balaban J connectivity index is 2.39. The molecule has 1 aromatic carbocycles. The molecule has 1 fully saturated rings. The molecule has 0 spiro atoms. The van der Waals surface area contributed by atoms with Crippen molar-refractivity contribution in [3.8, 4) is 0 Å². The predicted molar refractivity (Wildman–Crippen MR) is 89.6 cm³/mol. The minimum absolute atomic E-state index is 0.122. The van der Waals surface area contributed by atoms with E-state index in [0.29, 0.717) is 27.7 Å². The van der Waals surface area contributed by atoms with E-state index in [1.54, 1.807) is 12.1 Å². The van der Waals surface area contributed by atoms with Crippen LogP contribution < -0.4 is 10.6 Å². The first-order chi connectivity index (χ1) is 9.91. The lowest BCUT2D eigenvalue weighted by Crippen LogP contribution is -2.37. The van der Waals surface area contributed by atoms with Gasteiger partial charge in [0.05, 0.1) is 10.2 Å². The monoisotopic (exact) mass is 355 g/mol. The van der Waals surface area contributed by atoms with E-state index in [2.05, 4.69) is 34.7 Å². The number of benzene rings is 1. The standard InChI is InChI=1S/C16H23BrFN3/c1-10(2)9-21(11-5-3-4-6-11)13-8-7-12(16(19)20)14(17)15(13)18/h7-8,10-11H,3-6,9H2,1-2H3,(H3,19,20). The van der Waals surface area contributed by atoms with Crippen molar-refractivity contribution in [2.24, 2.45) is 11.7 Å². The van der Waals surface area contributed by atoms with Gasteiger partial charge in [0, 0.05) is 18.2 Å². The summed E-state index contributed by atoms with van der Waals surface area (Å²) in [4.78, 5) is 2.20. The van der Waals surface area contributed by atoms with E-state index in [1.807, 2.05) is 0 Å². The average molecular weight is 356 g/mol. The van der Waals surface area contributed by atoms with E-state index in [-0.39, 0.29) is 11.7 Å². The Morgan fingerprint density at radius 2 is 2.05 bits per heavy atom. The highest BCUT2D eigenvalue weighted by atomic mass is 79.9. The maximum absolute atomic E-state index is 14.7. The summed E-state index contributed by atoms with van der Waals surface area (Å²) in [5.74, 6) is 0.0371. The Hall–Kier alpha value is -1.10. The lowest BCUT2D eigenvalue weighted by Gasteiger charge is -2.33. The molecule has 1 aromatic rings. The summed E-state index contributed by atoms with van der Waals surface area (Å²) in [6.45, 7) is 5.14. The van der Waals surface area contributed by atoms with Gasteiger partial charge in [-0.2, -0.15) is 0 Å². The Labute approximate surface area is 134 Å². The molecular formula is C16H23BrFN3. The van der Waals surface area contributed by atoms with Crippen molar-refractivity contribution < 1.29 is 4.39 Å². The lowest BCUT2D eigenvalue weighted by molar-refractivity contribution is 0.519. The van der Waals surface area contributed by atoms with Gasteiger partial charge in [0.15, 0.2) is 5.82 Å². The molecule has 3 nitrogen and oxygen atoms in total. The SMILES string of the molecule is CC(C)CN(c1ccc(C(=N)N)c(Br)c1F)C1CCCC1. The molecule has 2 rings (SSSR count). The first-order valence-electron chi connectivity index (χ1n) is 7.50. The van der Waals surface area contributed by atoms with Gasteiger partial charge in [-0.25, -0.2) is 4.39 Å². The number of nitrogen functional groups attached to an aromatic ring is 1. The highest BCUT2D eigenvalue weighted by Crippen LogP contribution is 2.34. The van der Waals surface area contributed by atoms with Crippen LogP contribution in [0.4, 0.5) is 10.1 Å². The smallest absolute Gasteiger partial charge is 0.161 e. The molecule has 1 aliphatic rings. The third-order valence-electron chi connectivity index (χ3n) is 3.99. The minimum Gasteiger partial charge on any atom is -0.384 e. The Bertz CT molecular complexity index is 524. The van der Waals surface area contributed by atoms with Gasteiger partial charge in [0.1, 0.15) is 5.84 Å². The highest BCUT2D eigenvalue weighted by Gasteiger charge is 2.26. The van der Waals surface area contributed by atoms with Crippen molar-refractivity contribution in [2.75, 3.05) is 11.4 Å². The average Bonchev–Trinajstić information content (AvgIpc) is 2.92. The molecule has 0 saturated heterocycles. The zero-order valence-corrected chi connectivity index (χ0v) is 14.2. The molecule has 0 heterocycles. The van der Waals surface area contributed by atoms with E-state index in [9.17, 15) is 4.39 Å². The number of anilines is 1. The summed E-state index contributed by atoms with van der Waals surface area (Å²) in [7, 11) is 0. The topological polar surface area (TPSA) is 53.1 Å². The maximum Gasteiger partial charge on any atom is 0.161 e. The van der Waals surface area contributed by atoms with Crippen LogP contribution in [-0.4, -0.2) is 18.4 Å². The van der Waals surface area contributed by atoms with Crippen LogP contribution in [0.3, 0.4) is 0 Å². The molecule has 0 aromatic heterocycles. The summed E-state index contributed by atoms with van der Waals surface area (Å²) in [5, 5.41) is 7.50. The van der Waals surface area contributed by atoms with Crippen molar-refractivity contribution in [1.82, 2.24) is 0 Å². The van der Waals surface area contributed by atoms with Crippen LogP contribution in [0.25, 0.3) is 0 Å². The van der Waals surface area contributed by atoms with Gasteiger partial charge in [0.2, 0.25) is 0 Å². The number of hydrogen-bond donors (Lipinski definition) is 2. The number of hydrogen-bond acceptors (Lipinski definition) is 2. The lowest BCUT2D eigenvalue weighted by atomic mass is 10.1. The van der Waals surface area contributed by atoms with Crippen molar-refractivity contribution in [2.45, 2.75) is 45.6 Å². The number of amidine groups is 1. The van der Waals surface area contributed by atoms with Gasteiger partial charge in [0.25, 0.3) is 0 Å². The van der Waals surface area contributed by atoms with Crippen LogP contribution in [0.15, 0.2) is 16.6 Å². The van der Waals surface area contributed by atoms with Crippen LogP contribution in [0.2, 0.25) is 0 Å². The summed E-state index contributed by atoms with van der Waals surface area (Å²) in [6.07, 6.45) is 4.68. The Morgan fingerprint density at radius 1 is 1.43 bits per heavy atom. The molecule has 21 heavy (non-hydrogen) atoms. The summed E-state index contributed by atoms with van der Waals surface area (Å²) in [5.41, 5.74) is 6.51. The van der Waals surface area contributed by atoms with Gasteiger partial charge in [-0.15, -0.1) is 0 Å². The first-order valence-corrected chi connectivity index (χ1v) is 8.30. The number of rotatable bonds is 5. The molecule has 3 N–H and O–H groups in total. The first kappa shape index (κ1) is 16.3. The van der Waals surface area contributed by atoms with Crippen LogP contribution in [0.1, 0.15) is 45.1 Å². The van der Waals surface area contributed by atoms with E-state index in [1.165, 1.54) is 12.8 Å². The second kappa shape index (κ2) is 6.77. The number of nitrogens with zero attached hydrogens (tertiary/aromatic N) is 1. The molecule has 1 aliphatic carbocycles. The van der Waals surface area contributed by atoms with Gasteiger partial charge >= 0.3 is 0 Å². The van der Waals surface area contributed by atoms with Crippen LogP contribution in [-0.2, 0) is 0 Å². The van der Waals surface area contributed by atoms with Gasteiger partial charge in [-0.1, -0.05) is 26.7 Å². The van der Waals surface area contributed by atoms with Crippen LogP contribution in [0.5, 0.6) is 0 Å². The molecule has 1 saturated carbocycles. The molecule has 0 radical (unpaired) electrons. The van der Waals surface area contributed by atoms with Crippen LogP contribution >= 0.6 is 15.9 Å². The van der Waals surface area contributed by atoms with Crippen LogP contribution in [0, 0.1) is 17.1 Å². The van der Waals surface area contributed by atoms with Crippen molar-refractivity contribution in [3.05, 3.63) is 28.0 Å². The summed E-state index contributed by atoms with van der Waals surface area (Å²) < 4.78 is 15.0. The van der Waals surface area contributed by atoms with Gasteiger partial charge in [-0.3, -0.25) is 5.41 Å². The molecule has 0 aliphatic heterocycles. The second-order valence-corrected chi connectivity index (χ2v) is 6.95. The molecular weight excluding hydrogens is 333 g/mol. The minimum atomic E-state index is -0.310. The molecule has 5 heteroatoms. The molecule has 0 atom stereocenters. The van der Waals surface area contributed by atoms with E-state index in [4.69, 9.17) is 11.1 Å². The van der Waals surface area contributed by atoms with Gasteiger partial charge in [-0.05, 0) is 46.8 Å². The molecule has 116 valence electrons. The van der Waals surface area contributed by atoms with Crippen molar-refractivity contribution in [1.29, 1.82) is 5.41 Å². The zero-order valence-electron chi connectivity index (χ0n) is 12.6. The third-order valence-corrected chi connectivity index (χ3v) is 4.76. The van der Waals surface area contributed by atoms with Crippen molar-refractivity contribution in [3.63, 3.8) is 0 Å². The third kappa shape index (κ3) is 3.57. The molecule has 0 amide bonds. The molecule has 0 bridgehead atoms. The largest absolute Gasteiger partial charge is 0.384 e. The number of halogens is 2. The number of nitrogens with two attached hydrogens (primary N) is 1. The second-order valence-electron chi connectivity index (χ2n) is 6.16.